The van der Waals surface area contributed by atoms with Gasteiger partial charge in [0.1, 0.15) is 23.6 Å². The van der Waals surface area contributed by atoms with E-state index in [0.29, 0.717) is 40.8 Å². The van der Waals surface area contributed by atoms with Gasteiger partial charge in [-0.2, -0.15) is 0 Å². The van der Waals surface area contributed by atoms with Gasteiger partial charge in [0.15, 0.2) is 0 Å². The number of pyridine rings is 2. The van der Waals surface area contributed by atoms with E-state index in [2.05, 4.69) is 26.7 Å². The van der Waals surface area contributed by atoms with Crippen LogP contribution in [0.2, 0.25) is 0 Å². The molecule has 0 saturated heterocycles. The second-order valence-corrected chi connectivity index (χ2v) is 5.26. The fourth-order valence-corrected chi connectivity index (χ4v) is 2.23. The van der Waals surface area contributed by atoms with Crippen molar-refractivity contribution >= 4 is 23.5 Å². The Morgan fingerprint density at radius 3 is 2.81 bits per heavy atom. The molecule has 0 aliphatic carbocycles. The van der Waals surface area contributed by atoms with E-state index >= 15 is 0 Å². The molecule has 3 rings (SSSR count). The molecule has 0 aromatic carbocycles. The molecule has 0 amide bonds. The average Bonchev–Trinajstić information content (AvgIpc) is 3.10. The Morgan fingerprint density at radius 1 is 1.27 bits per heavy atom. The molecule has 3 aromatic rings. The Kier molecular flexibility index (Phi) is 5.38. The first-order chi connectivity index (χ1) is 12.7. The van der Waals surface area contributed by atoms with Gasteiger partial charge >= 0.3 is 0 Å². The Hall–Kier alpha value is -3.48. The minimum absolute atomic E-state index is 0.312. The number of hydrogen-bond acceptors (Lipinski definition) is 7. The lowest BCUT2D eigenvalue weighted by Crippen LogP contribution is -1.98. The molecule has 0 spiro atoms. The predicted octanol–water partition coefficient (Wildman–Crippen LogP) is 3.82. The topological polar surface area (TPSA) is 82.6 Å². The molecule has 26 heavy (non-hydrogen) atoms. The first-order valence-electron chi connectivity index (χ1n) is 7.91. The van der Waals surface area contributed by atoms with Crippen molar-refractivity contribution < 1.29 is 13.9 Å². The van der Waals surface area contributed by atoms with Crippen LogP contribution in [0.3, 0.4) is 0 Å². The number of fused-ring (bicyclic) bond motifs is 1. The summed E-state index contributed by atoms with van der Waals surface area (Å²) >= 11 is 0. The summed E-state index contributed by atoms with van der Waals surface area (Å²) in [6.07, 6.45) is 8.53. The van der Waals surface area contributed by atoms with Crippen molar-refractivity contribution in [3.05, 3.63) is 60.5 Å². The van der Waals surface area contributed by atoms with E-state index in [1.54, 1.807) is 31.8 Å². The van der Waals surface area contributed by atoms with Crippen LogP contribution in [-0.4, -0.2) is 28.8 Å². The summed E-state index contributed by atoms with van der Waals surface area (Å²) in [5.41, 5.74) is 2.52. The molecule has 7 heteroatoms. The maximum atomic E-state index is 5.73. The molecule has 0 aliphatic heterocycles. The highest BCUT2D eigenvalue weighted by Gasteiger charge is 2.11. The van der Waals surface area contributed by atoms with E-state index in [9.17, 15) is 0 Å². The second kappa shape index (κ2) is 8.06. The Balaban J connectivity index is 1.78. The van der Waals surface area contributed by atoms with Gasteiger partial charge in [0.2, 0.25) is 11.6 Å². The van der Waals surface area contributed by atoms with Gasteiger partial charge in [-0.1, -0.05) is 12.2 Å². The van der Waals surface area contributed by atoms with Crippen LogP contribution in [0.1, 0.15) is 18.5 Å². The molecule has 0 saturated carbocycles. The third-order valence-electron chi connectivity index (χ3n) is 3.47. The number of aromatic nitrogens is 3. The number of allylic oxidation sites excluding steroid dienone is 3. The number of oxazole rings is 1. The van der Waals surface area contributed by atoms with Crippen LogP contribution in [-0.2, 0) is 6.61 Å². The molecule has 0 radical (unpaired) electrons. The number of ether oxygens (including phenoxy) is 2. The molecule has 7 nitrogen and oxygen atoms in total. The second-order valence-electron chi connectivity index (χ2n) is 5.26. The van der Waals surface area contributed by atoms with Crippen LogP contribution in [0, 0.1) is 0 Å². The SMILES string of the molecule is C=N/C=C(\C=C/C)c1nc2cc(OCc3ccc(OC)cn3)cnc2o1. The summed E-state index contributed by atoms with van der Waals surface area (Å²) in [5, 5.41) is 0. The van der Waals surface area contributed by atoms with Crippen LogP contribution in [0.25, 0.3) is 16.8 Å². The highest BCUT2D eigenvalue weighted by Crippen LogP contribution is 2.24. The summed E-state index contributed by atoms with van der Waals surface area (Å²) in [7, 11) is 1.60. The number of nitrogens with zero attached hydrogens (tertiary/aromatic N) is 4. The van der Waals surface area contributed by atoms with E-state index in [4.69, 9.17) is 13.9 Å². The van der Waals surface area contributed by atoms with Crippen LogP contribution >= 0.6 is 0 Å². The zero-order valence-corrected chi connectivity index (χ0v) is 14.5. The van der Waals surface area contributed by atoms with E-state index in [1.807, 2.05) is 31.2 Å². The van der Waals surface area contributed by atoms with Gasteiger partial charge in [-0.25, -0.2) is 9.97 Å². The molecule has 0 bridgehead atoms. The van der Waals surface area contributed by atoms with Gasteiger partial charge < -0.3 is 13.9 Å². The van der Waals surface area contributed by atoms with Crippen molar-refractivity contribution in [2.45, 2.75) is 13.5 Å². The van der Waals surface area contributed by atoms with Crippen LogP contribution in [0.5, 0.6) is 11.5 Å². The first kappa shape index (κ1) is 17.3. The molecule has 0 aliphatic rings. The fourth-order valence-electron chi connectivity index (χ4n) is 2.23. The van der Waals surface area contributed by atoms with E-state index < -0.39 is 0 Å². The van der Waals surface area contributed by atoms with Crippen molar-refractivity contribution in [2.75, 3.05) is 7.11 Å². The standard InChI is InChI=1S/C19H18N4O3/c1-4-5-13(9-20-2)18-23-17-8-16(11-22-19(17)26-18)25-12-14-6-7-15(24-3)10-21-14/h4-11H,2,12H2,1,3H3/b5-4-,13-9+. The lowest BCUT2D eigenvalue weighted by molar-refractivity contribution is 0.300. The number of rotatable bonds is 7. The first-order valence-corrected chi connectivity index (χ1v) is 7.91. The van der Waals surface area contributed by atoms with Gasteiger partial charge in [0.25, 0.3) is 0 Å². The van der Waals surface area contributed by atoms with Crippen molar-refractivity contribution in [1.29, 1.82) is 0 Å². The van der Waals surface area contributed by atoms with Crippen molar-refractivity contribution in [2.24, 2.45) is 4.99 Å². The third kappa shape index (κ3) is 3.94. The number of hydrogen-bond donors (Lipinski definition) is 0. The predicted molar refractivity (Wildman–Crippen MR) is 99.3 cm³/mol. The zero-order valence-electron chi connectivity index (χ0n) is 14.5. The molecular weight excluding hydrogens is 332 g/mol. The molecule has 0 unspecified atom stereocenters. The Bertz CT molecular complexity index is 959. The smallest absolute Gasteiger partial charge is 0.247 e. The highest BCUT2D eigenvalue weighted by molar-refractivity contribution is 5.76. The summed E-state index contributed by atoms with van der Waals surface area (Å²) in [5.74, 6) is 1.70. The van der Waals surface area contributed by atoms with Crippen molar-refractivity contribution in [3.8, 4) is 11.5 Å². The summed E-state index contributed by atoms with van der Waals surface area (Å²) in [6, 6.07) is 5.45. The molecule has 0 fully saturated rings. The van der Waals surface area contributed by atoms with E-state index in [-0.39, 0.29) is 0 Å². The minimum Gasteiger partial charge on any atom is -0.495 e. The maximum Gasteiger partial charge on any atom is 0.247 e. The van der Waals surface area contributed by atoms with Gasteiger partial charge in [0, 0.05) is 12.3 Å². The van der Waals surface area contributed by atoms with Crippen molar-refractivity contribution in [3.63, 3.8) is 0 Å². The van der Waals surface area contributed by atoms with Crippen LogP contribution < -0.4 is 9.47 Å². The van der Waals surface area contributed by atoms with Crippen LogP contribution in [0.15, 0.2) is 58.4 Å². The molecule has 132 valence electrons. The number of aliphatic imine (C=N–C) groups is 1. The van der Waals surface area contributed by atoms with Gasteiger partial charge in [-0.15, -0.1) is 0 Å². The molecule has 3 aromatic heterocycles. The van der Waals surface area contributed by atoms with E-state index in [0.717, 1.165) is 5.69 Å². The Labute approximate surface area is 150 Å². The molecule has 0 N–H and O–H groups in total. The fraction of sp³-hybridized carbons (Fsp3) is 0.158. The number of methoxy groups -OCH3 is 1. The summed E-state index contributed by atoms with van der Waals surface area (Å²) in [4.78, 5) is 16.7. The third-order valence-corrected chi connectivity index (χ3v) is 3.47. The van der Waals surface area contributed by atoms with Gasteiger partial charge in [-0.05, 0) is 25.8 Å². The van der Waals surface area contributed by atoms with E-state index in [1.165, 1.54) is 0 Å². The van der Waals surface area contributed by atoms with Gasteiger partial charge in [-0.3, -0.25) is 9.98 Å². The molecule has 0 atom stereocenters. The molecular formula is C19H18N4O3. The lowest BCUT2D eigenvalue weighted by atomic mass is 10.2. The minimum atomic E-state index is 0.312. The Morgan fingerprint density at radius 2 is 2.12 bits per heavy atom. The monoisotopic (exact) mass is 350 g/mol. The quantitative estimate of drug-likeness (QED) is 0.476. The normalized spacial score (nSPS) is 11.8. The van der Waals surface area contributed by atoms with Crippen LogP contribution in [0.4, 0.5) is 0 Å². The van der Waals surface area contributed by atoms with Crippen molar-refractivity contribution in [1.82, 2.24) is 15.0 Å². The average molecular weight is 350 g/mol. The zero-order chi connectivity index (χ0) is 18.4. The van der Waals surface area contributed by atoms with Gasteiger partial charge in [0.05, 0.1) is 30.8 Å². The summed E-state index contributed by atoms with van der Waals surface area (Å²) in [6.45, 7) is 5.67. The largest absolute Gasteiger partial charge is 0.495 e. The lowest BCUT2D eigenvalue weighted by Gasteiger charge is -2.05. The summed E-state index contributed by atoms with van der Waals surface area (Å²) < 4.78 is 16.5. The molecule has 3 heterocycles. The maximum absolute atomic E-state index is 5.73. The highest BCUT2D eigenvalue weighted by atomic mass is 16.5.